The average Bonchev–Trinajstić information content (AvgIpc) is 1.64. The highest BCUT2D eigenvalue weighted by Crippen LogP contribution is 2.32. The second-order valence-corrected chi connectivity index (χ2v) is 2.89. The van der Waals surface area contributed by atoms with E-state index in [1.807, 2.05) is 0 Å². The van der Waals surface area contributed by atoms with E-state index < -0.39 is 6.17 Å². The van der Waals surface area contributed by atoms with Crippen molar-refractivity contribution in [2.24, 2.45) is 5.92 Å². The molecule has 0 bridgehead atoms. The number of thiol groups is 1. The van der Waals surface area contributed by atoms with Gasteiger partial charge < -0.3 is 0 Å². The summed E-state index contributed by atoms with van der Waals surface area (Å²) in [5, 5.41) is 0. The summed E-state index contributed by atoms with van der Waals surface area (Å²) in [5.74, 6) is 1.57. The Morgan fingerprint density at radius 2 is 2.12 bits per heavy atom. The second kappa shape index (κ2) is 2.72. The lowest BCUT2D eigenvalue weighted by atomic mass is 9.82. The first-order valence-corrected chi connectivity index (χ1v) is 3.71. The van der Waals surface area contributed by atoms with Gasteiger partial charge in [-0.1, -0.05) is 0 Å². The Hall–Kier alpha value is 0.280. The number of halogens is 1. The van der Waals surface area contributed by atoms with E-state index in [4.69, 9.17) is 0 Å². The van der Waals surface area contributed by atoms with Crippen molar-refractivity contribution in [3.8, 4) is 0 Å². The number of hydrogen-bond donors (Lipinski definition) is 1. The fourth-order valence-corrected chi connectivity index (χ4v) is 1.44. The summed E-state index contributed by atoms with van der Waals surface area (Å²) in [6.07, 6.45) is 2.20. The SMILES string of the molecule is FC1CC(CCS)C1. The van der Waals surface area contributed by atoms with Crippen LogP contribution in [0.2, 0.25) is 0 Å². The van der Waals surface area contributed by atoms with Crippen LogP contribution in [0.3, 0.4) is 0 Å². The molecule has 0 nitrogen and oxygen atoms in total. The van der Waals surface area contributed by atoms with Gasteiger partial charge >= 0.3 is 0 Å². The van der Waals surface area contributed by atoms with Crippen molar-refractivity contribution in [1.29, 1.82) is 0 Å². The molecule has 2 heteroatoms. The Balaban J connectivity index is 1.98. The van der Waals surface area contributed by atoms with Crippen LogP contribution in [0.1, 0.15) is 19.3 Å². The zero-order valence-corrected chi connectivity index (χ0v) is 5.70. The summed E-state index contributed by atoms with van der Waals surface area (Å²) >= 11 is 4.05. The van der Waals surface area contributed by atoms with Gasteiger partial charge in [-0.2, -0.15) is 12.6 Å². The molecule has 1 aliphatic carbocycles. The molecular weight excluding hydrogens is 123 g/mol. The van der Waals surface area contributed by atoms with E-state index in [1.54, 1.807) is 0 Å². The van der Waals surface area contributed by atoms with Crippen molar-refractivity contribution in [2.45, 2.75) is 25.4 Å². The predicted molar refractivity (Wildman–Crippen MR) is 36.1 cm³/mol. The van der Waals surface area contributed by atoms with E-state index in [2.05, 4.69) is 12.6 Å². The number of hydrogen-bond acceptors (Lipinski definition) is 1. The number of alkyl halides is 1. The molecule has 1 rings (SSSR count). The molecule has 0 aromatic carbocycles. The van der Waals surface area contributed by atoms with Gasteiger partial charge in [-0.15, -0.1) is 0 Å². The molecule has 0 aromatic heterocycles. The molecule has 1 aliphatic rings. The zero-order valence-electron chi connectivity index (χ0n) is 4.81. The molecule has 1 fully saturated rings. The molecule has 0 N–H and O–H groups in total. The average molecular weight is 134 g/mol. The van der Waals surface area contributed by atoms with Crippen LogP contribution in [-0.4, -0.2) is 11.9 Å². The molecule has 0 spiro atoms. The molecule has 0 radical (unpaired) electrons. The van der Waals surface area contributed by atoms with Crippen molar-refractivity contribution in [1.82, 2.24) is 0 Å². The van der Waals surface area contributed by atoms with E-state index in [1.165, 1.54) is 0 Å². The first-order valence-electron chi connectivity index (χ1n) is 3.08. The summed E-state index contributed by atoms with van der Waals surface area (Å²) in [4.78, 5) is 0. The van der Waals surface area contributed by atoms with Gasteiger partial charge in [0.15, 0.2) is 0 Å². The quantitative estimate of drug-likeness (QED) is 0.549. The monoisotopic (exact) mass is 134 g/mol. The van der Waals surface area contributed by atoms with E-state index in [0.717, 1.165) is 25.0 Å². The van der Waals surface area contributed by atoms with Crippen LogP contribution in [0.25, 0.3) is 0 Å². The van der Waals surface area contributed by atoms with Crippen molar-refractivity contribution < 1.29 is 4.39 Å². The first-order chi connectivity index (χ1) is 3.83. The summed E-state index contributed by atoms with van der Waals surface area (Å²) in [6, 6.07) is 0. The lowest BCUT2D eigenvalue weighted by molar-refractivity contribution is 0.129. The fraction of sp³-hybridized carbons (Fsp3) is 1.00. The fourth-order valence-electron chi connectivity index (χ4n) is 1.07. The van der Waals surface area contributed by atoms with E-state index in [0.29, 0.717) is 5.92 Å². The van der Waals surface area contributed by atoms with Gasteiger partial charge in [-0.3, -0.25) is 0 Å². The Morgan fingerprint density at radius 3 is 2.50 bits per heavy atom. The van der Waals surface area contributed by atoms with E-state index in [-0.39, 0.29) is 0 Å². The van der Waals surface area contributed by atoms with Crippen molar-refractivity contribution in [3.63, 3.8) is 0 Å². The maximum atomic E-state index is 12.1. The van der Waals surface area contributed by atoms with Gasteiger partial charge in [0.1, 0.15) is 6.17 Å². The van der Waals surface area contributed by atoms with Crippen molar-refractivity contribution in [3.05, 3.63) is 0 Å². The Bertz CT molecular complexity index is 66.2. The molecule has 0 saturated heterocycles. The highest BCUT2D eigenvalue weighted by Gasteiger charge is 2.27. The molecule has 0 aromatic rings. The smallest absolute Gasteiger partial charge is 0.101 e. The van der Waals surface area contributed by atoms with E-state index >= 15 is 0 Å². The third kappa shape index (κ3) is 1.38. The highest BCUT2D eigenvalue weighted by atomic mass is 32.1. The topological polar surface area (TPSA) is 0 Å². The van der Waals surface area contributed by atoms with Gasteiger partial charge in [0.2, 0.25) is 0 Å². The van der Waals surface area contributed by atoms with Crippen LogP contribution in [0, 0.1) is 5.92 Å². The molecule has 0 aliphatic heterocycles. The van der Waals surface area contributed by atoms with Crippen LogP contribution >= 0.6 is 12.6 Å². The highest BCUT2D eigenvalue weighted by molar-refractivity contribution is 7.80. The molecule has 8 heavy (non-hydrogen) atoms. The maximum absolute atomic E-state index is 12.1. The van der Waals surface area contributed by atoms with Crippen LogP contribution in [0.15, 0.2) is 0 Å². The minimum atomic E-state index is -0.486. The summed E-state index contributed by atoms with van der Waals surface area (Å²) in [5.41, 5.74) is 0. The molecule has 1 saturated carbocycles. The van der Waals surface area contributed by atoms with Gasteiger partial charge in [0.05, 0.1) is 0 Å². The van der Waals surface area contributed by atoms with Gasteiger partial charge in [-0.05, 0) is 30.9 Å². The standard InChI is InChI=1S/C6H11FS/c7-6-3-5(4-6)1-2-8/h5-6,8H,1-4H2. The normalized spacial score (nSPS) is 36.8. The lowest BCUT2D eigenvalue weighted by Gasteiger charge is -2.28. The number of rotatable bonds is 2. The van der Waals surface area contributed by atoms with E-state index in [9.17, 15) is 4.39 Å². The Morgan fingerprint density at radius 1 is 1.50 bits per heavy atom. The van der Waals surface area contributed by atoms with Gasteiger partial charge in [0, 0.05) is 0 Å². The first kappa shape index (κ1) is 6.40. The van der Waals surface area contributed by atoms with Gasteiger partial charge in [-0.25, -0.2) is 4.39 Å². The minimum Gasteiger partial charge on any atom is -0.247 e. The predicted octanol–water partition coefficient (Wildman–Crippen LogP) is 2.05. The molecular formula is C6H11FS. The van der Waals surface area contributed by atoms with Crippen LogP contribution < -0.4 is 0 Å². The van der Waals surface area contributed by atoms with Crippen LogP contribution in [0.4, 0.5) is 4.39 Å². The van der Waals surface area contributed by atoms with Crippen molar-refractivity contribution in [2.75, 3.05) is 5.75 Å². The largest absolute Gasteiger partial charge is 0.247 e. The third-order valence-electron chi connectivity index (χ3n) is 1.72. The summed E-state index contributed by atoms with van der Waals surface area (Å²) in [7, 11) is 0. The molecule has 0 atom stereocenters. The minimum absolute atomic E-state index is 0.486. The summed E-state index contributed by atoms with van der Waals surface area (Å²) < 4.78 is 12.1. The molecule has 0 heterocycles. The lowest BCUT2D eigenvalue weighted by Crippen LogP contribution is -2.24. The van der Waals surface area contributed by atoms with Crippen LogP contribution in [0.5, 0.6) is 0 Å². The molecule has 0 unspecified atom stereocenters. The second-order valence-electron chi connectivity index (χ2n) is 2.45. The third-order valence-corrected chi connectivity index (χ3v) is 1.97. The Kier molecular flexibility index (Phi) is 2.17. The van der Waals surface area contributed by atoms with Crippen molar-refractivity contribution >= 4 is 12.6 Å². The molecule has 0 amide bonds. The Labute approximate surface area is 54.9 Å². The molecule has 48 valence electrons. The maximum Gasteiger partial charge on any atom is 0.101 e. The van der Waals surface area contributed by atoms with Gasteiger partial charge in [0.25, 0.3) is 0 Å². The summed E-state index contributed by atoms with van der Waals surface area (Å²) in [6.45, 7) is 0. The zero-order chi connectivity index (χ0) is 5.98. The van der Waals surface area contributed by atoms with Crippen LogP contribution in [-0.2, 0) is 0 Å².